The number of hydrogen-bond acceptors (Lipinski definition) is 5. The lowest BCUT2D eigenvalue weighted by molar-refractivity contribution is 1.11. The minimum atomic E-state index is 0.464. The van der Waals surface area contributed by atoms with E-state index in [-0.39, 0.29) is 0 Å². The van der Waals surface area contributed by atoms with Crippen LogP contribution in [0.5, 0.6) is 0 Å². The number of rotatable bonds is 7. The van der Waals surface area contributed by atoms with E-state index >= 15 is 0 Å². The van der Waals surface area contributed by atoms with Crippen molar-refractivity contribution in [1.29, 1.82) is 21.0 Å². The molecule has 0 saturated heterocycles. The third-order valence-corrected chi connectivity index (χ3v) is 13.8. The average Bonchev–Trinajstić information content (AvgIpc) is 3.94. The van der Waals surface area contributed by atoms with Gasteiger partial charge in [0.25, 0.3) is 0 Å². The molecule has 7 heteroatoms. The van der Waals surface area contributed by atoms with Crippen molar-refractivity contribution in [3.05, 3.63) is 234 Å². The molecule has 72 heavy (non-hydrogen) atoms. The summed E-state index contributed by atoms with van der Waals surface area (Å²) in [6.07, 6.45) is 0. The van der Waals surface area contributed by atoms with Gasteiger partial charge in [-0.15, -0.1) is 0 Å². The number of nitrogens with zero attached hydrogens (tertiary/aromatic N) is 7. The van der Waals surface area contributed by atoms with E-state index in [9.17, 15) is 21.0 Å². The summed E-state index contributed by atoms with van der Waals surface area (Å²) < 4.78 is 4.58. The quantitative estimate of drug-likeness (QED) is 0.158. The van der Waals surface area contributed by atoms with Gasteiger partial charge in [-0.2, -0.15) is 21.0 Å². The maximum absolute atomic E-state index is 11.2. The van der Waals surface area contributed by atoms with Gasteiger partial charge in [0.2, 0.25) is 0 Å². The van der Waals surface area contributed by atoms with E-state index in [1.54, 1.807) is 0 Å². The van der Waals surface area contributed by atoms with Crippen molar-refractivity contribution in [1.82, 2.24) is 14.1 Å². The zero-order chi connectivity index (χ0) is 49.0. The van der Waals surface area contributed by atoms with Gasteiger partial charge < -0.3 is 9.13 Å². The van der Waals surface area contributed by atoms with Gasteiger partial charge in [0.15, 0.2) is 0 Å². The molecule has 12 aromatic rings. The lowest BCUT2D eigenvalue weighted by Gasteiger charge is -2.21. The van der Waals surface area contributed by atoms with Crippen molar-refractivity contribution in [2.75, 3.05) is 0 Å². The molecule has 3 aromatic heterocycles. The second-order valence-corrected chi connectivity index (χ2v) is 18.2. The first-order valence-corrected chi connectivity index (χ1v) is 23.6. The van der Waals surface area contributed by atoms with Crippen LogP contribution in [0.4, 0.5) is 0 Å². The molecule has 0 aliphatic carbocycles. The van der Waals surface area contributed by atoms with Crippen molar-refractivity contribution < 1.29 is 0 Å². The van der Waals surface area contributed by atoms with Gasteiger partial charge in [-0.1, -0.05) is 121 Å². The largest absolute Gasteiger partial charge is 0.308 e. The molecule has 0 N–H and O–H groups in total. The summed E-state index contributed by atoms with van der Waals surface area (Å²) in [6.45, 7) is 4.09. The number of nitriles is 4. The van der Waals surface area contributed by atoms with E-state index in [2.05, 4.69) is 137 Å². The van der Waals surface area contributed by atoms with Gasteiger partial charge in [0.1, 0.15) is 0 Å². The van der Waals surface area contributed by atoms with E-state index in [1.165, 1.54) is 5.56 Å². The first-order valence-electron chi connectivity index (χ1n) is 23.6. The van der Waals surface area contributed by atoms with Gasteiger partial charge in [-0.3, -0.25) is 4.98 Å². The third-order valence-electron chi connectivity index (χ3n) is 13.8. The van der Waals surface area contributed by atoms with Crippen LogP contribution in [0.1, 0.15) is 33.5 Å². The Balaban J connectivity index is 1.23. The molecule has 12 rings (SSSR count). The highest BCUT2D eigenvalue weighted by molar-refractivity contribution is 6.14. The van der Waals surface area contributed by atoms with Crippen LogP contribution in [0.25, 0.3) is 111 Å². The van der Waals surface area contributed by atoms with Gasteiger partial charge in [0.05, 0.1) is 85.7 Å². The molecule has 0 spiro atoms. The summed E-state index contributed by atoms with van der Waals surface area (Å²) in [5.74, 6) is 0. The van der Waals surface area contributed by atoms with Gasteiger partial charge >= 0.3 is 0 Å². The highest BCUT2D eigenvalue weighted by Gasteiger charge is 2.25. The predicted octanol–water partition coefficient (Wildman–Crippen LogP) is 15.7. The van der Waals surface area contributed by atoms with Crippen LogP contribution < -0.4 is 0 Å². The summed E-state index contributed by atoms with van der Waals surface area (Å²) in [7, 11) is 0. The summed E-state index contributed by atoms with van der Waals surface area (Å²) in [5, 5.41) is 44.3. The van der Waals surface area contributed by atoms with Gasteiger partial charge in [0, 0.05) is 32.8 Å². The summed E-state index contributed by atoms with van der Waals surface area (Å²) in [5.41, 5.74) is 19.1. The molecule has 334 valence electrons. The summed E-state index contributed by atoms with van der Waals surface area (Å²) in [6, 6.07) is 77.0. The number of fused-ring (bicyclic) bond motifs is 6. The topological polar surface area (TPSA) is 118 Å². The molecule has 7 nitrogen and oxygen atoms in total. The zero-order valence-electron chi connectivity index (χ0n) is 39.2. The SMILES string of the molecule is Cc1ccc(-c2ccc3c4ccc(-c5ccc(C#N)cc5)cc4n(-c4cc(C#N)cc(-n5c6cc(-c7ccc(C#N)cc7)ccc6c6ccc(-c7ccc(C#N)cc7)cc65)c4-c4cccc(C)n4)c3c2)cc1. The van der Waals surface area contributed by atoms with E-state index in [0.29, 0.717) is 22.3 Å². The molecule has 0 radical (unpaired) electrons. The Labute approximate surface area is 415 Å². The summed E-state index contributed by atoms with van der Waals surface area (Å²) in [4.78, 5) is 5.29. The van der Waals surface area contributed by atoms with Crippen LogP contribution >= 0.6 is 0 Å². The molecule has 0 aliphatic rings. The van der Waals surface area contributed by atoms with Crippen molar-refractivity contribution in [3.8, 4) is 91.4 Å². The van der Waals surface area contributed by atoms with Crippen LogP contribution in [-0.2, 0) is 0 Å². The number of aromatic nitrogens is 3. The fraction of sp³-hybridized carbons (Fsp3) is 0.0308. The van der Waals surface area contributed by atoms with Crippen LogP contribution in [-0.4, -0.2) is 14.1 Å². The summed E-state index contributed by atoms with van der Waals surface area (Å²) >= 11 is 0. The van der Waals surface area contributed by atoms with Gasteiger partial charge in [-0.05, 0) is 143 Å². The van der Waals surface area contributed by atoms with Gasteiger partial charge in [-0.25, -0.2) is 0 Å². The maximum atomic E-state index is 11.2. The van der Waals surface area contributed by atoms with Crippen LogP contribution in [0.15, 0.2) is 200 Å². The minimum absolute atomic E-state index is 0.464. The molecule has 0 unspecified atom stereocenters. The smallest absolute Gasteiger partial charge is 0.0993 e. The Hall–Kier alpha value is -10.3. The Bertz CT molecular complexity index is 4240. The maximum Gasteiger partial charge on any atom is 0.0993 e. The van der Waals surface area contributed by atoms with Crippen molar-refractivity contribution in [2.24, 2.45) is 0 Å². The first-order chi connectivity index (χ1) is 35.3. The molecule has 0 aliphatic heterocycles. The number of hydrogen-bond donors (Lipinski definition) is 0. The van der Waals surface area contributed by atoms with E-state index in [0.717, 1.165) is 116 Å². The number of benzene rings is 9. The third kappa shape index (κ3) is 7.31. The zero-order valence-corrected chi connectivity index (χ0v) is 39.2. The lowest BCUT2D eigenvalue weighted by Crippen LogP contribution is -2.06. The molecular formula is C65H39N7. The van der Waals surface area contributed by atoms with E-state index < -0.39 is 0 Å². The van der Waals surface area contributed by atoms with Crippen molar-refractivity contribution in [3.63, 3.8) is 0 Å². The van der Waals surface area contributed by atoms with Crippen LogP contribution in [0, 0.1) is 59.2 Å². The van der Waals surface area contributed by atoms with Crippen LogP contribution in [0.2, 0.25) is 0 Å². The molecule has 3 heterocycles. The molecule has 0 bridgehead atoms. The fourth-order valence-electron chi connectivity index (χ4n) is 10.2. The van der Waals surface area contributed by atoms with Crippen LogP contribution in [0.3, 0.4) is 0 Å². The van der Waals surface area contributed by atoms with E-state index in [4.69, 9.17) is 4.98 Å². The highest BCUT2D eigenvalue weighted by atomic mass is 15.0. The molecule has 0 atom stereocenters. The second kappa shape index (κ2) is 17.3. The standard InChI is InChI=1S/C65H39N7/c1-40-6-14-46(15-7-40)50-22-26-54-55-27-23-51(47-16-8-42(36-66)9-17-47)33-60(55)71(59(54)32-50)63-30-45(39-69)31-64(65(63)58-5-3-4-41(2)70-58)72-61-34-52(48-18-10-43(37-67)11-19-48)24-28-56(61)57-29-25-53(35-62(57)72)49-20-12-44(38-68)13-21-49/h3-35H,1-2H3. The molecular weight excluding hydrogens is 879 g/mol. The number of aryl methyl sites for hydroxylation is 2. The van der Waals surface area contributed by atoms with E-state index in [1.807, 2.05) is 110 Å². The Morgan fingerprint density at radius 3 is 0.972 bits per heavy atom. The van der Waals surface area contributed by atoms with Crippen molar-refractivity contribution >= 4 is 43.6 Å². The number of pyridine rings is 1. The average molecular weight is 918 g/mol. The second-order valence-electron chi connectivity index (χ2n) is 18.2. The molecule has 9 aromatic carbocycles. The molecule has 0 fully saturated rings. The Kier molecular flexibility index (Phi) is 10.4. The lowest BCUT2D eigenvalue weighted by atomic mass is 10.00. The molecule has 0 amide bonds. The highest BCUT2D eigenvalue weighted by Crippen LogP contribution is 2.45. The minimum Gasteiger partial charge on any atom is -0.308 e. The Morgan fingerprint density at radius 1 is 0.333 bits per heavy atom. The first kappa shape index (κ1) is 43.0. The predicted molar refractivity (Wildman–Crippen MR) is 288 cm³/mol. The molecule has 0 saturated carbocycles. The normalized spacial score (nSPS) is 11.1. The monoisotopic (exact) mass is 917 g/mol. The van der Waals surface area contributed by atoms with Crippen molar-refractivity contribution in [2.45, 2.75) is 13.8 Å². The Morgan fingerprint density at radius 2 is 0.653 bits per heavy atom. The fourth-order valence-corrected chi connectivity index (χ4v) is 10.2.